The molecule has 2 N–H and O–H groups in total. The summed E-state index contributed by atoms with van der Waals surface area (Å²) in [4.78, 5) is 17.8. The maximum Gasteiger partial charge on any atom is 0.223 e. The van der Waals surface area contributed by atoms with Crippen LogP contribution in [0.25, 0.3) is 0 Å². The van der Waals surface area contributed by atoms with Gasteiger partial charge < -0.3 is 19.9 Å². The summed E-state index contributed by atoms with van der Waals surface area (Å²) in [6.07, 6.45) is 25.6. The van der Waals surface area contributed by atoms with Crippen LogP contribution in [0, 0.1) is 5.92 Å². The molecule has 5 nitrogen and oxygen atoms in total. The topological polar surface area (TPSA) is 57.4 Å². The van der Waals surface area contributed by atoms with Gasteiger partial charge in [0.15, 0.2) is 5.75 Å². The van der Waals surface area contributed by atoms with Crippen molar-refractivity contribution in [1.29, 1.82) is 0 Å². The summed E-state index contributed by atoms with van der Waals surface area (Å²) < 4.78 is 6.48. The van der Waals surface area contributed by atoms with E-state index in [9.17, 15) is 4.79 Å². The molecule has 2 aromatic rings. The van der Waals surface area contributed by atoms with Crippen molar-refractivity contribution < 1.29 is 4.74 Å². The number of pyridine rings is 1. The Morgan fingerprint density at radius 1 is 0.805 bits per heavy atom. The highest BCUT2D eigenvalue weighted by Crippen LogP contribution is 2.22. The second-order valence-electron chi connectivity index (χ2n) is 12.2. The van der Waals surface area contributed by atoms with Crippen molar-refractivity contribution >= 4 is 0 Å². The molecule has 2 unspecified atom stereocenters. The normalized spacial score (nSPS) is 13.0. The molecule has 1 heterocycles. The average molecular weight is 568 g/mol. The van der Waals surface area contributed by atoms with Crippen LogP contribution < -0.4 is 15.5 Å². The number of aromatic nitrogens is 1. The Morgan fingerprint density at radius 3 is 2.00 bits per heavy atom. The highest BCUT2D eigenvalue weighted by atomic mass is 16.5. The van der Waals surface area contributed by atoms with E-state index in [1.807, 2.05) is 0 Å². The fourth-order valence-corrected chi connectivity index (χ4v) is 5.64. The zero-order chi connectivity index (χ0) is 29.4. The van der Waals surface area contributed by atoms with Crippen molar-refractivity contribution in [3.05, 3.63) is 64.6 Å². The minimum Gasteiger partial charge on any atom is -0.484 e. The molecule has 2 rings (SSSR count). The lowest BCUT2D eigenvalue weighted by atomic mass is 9.90. The highest BCUT2D eigenvalue weighted by molar-refractivity contribution is 5.19. The minimum absolute atomic E-state index is 0.0516. The van der Waals surface area contributed by atoms with Gasteiger partial charge in [0.05, 0.1) is 0 Å². The summed E-state index contributed by atoms with van der Waals surface area (Å²) in [7, 11) is 4.25. The maximum atomic E-state index is 12.5. The minimum atomic E-state index is -0.0593. The number of aromatic amines is 1. The molecule has 232 valence electrons. The molecule has 0 amide bonds. The second-order valence-corrected chi connectivity index (χ2v) is 12.2. The zero-order valence-electron chi connectivity index (χ0n) is 26.7. The number of hydrogen-bond donors (Lipinski definition) is 2. The Morgan fingerprint density at radius 2 is 1.41 bits per heavy atom. The van der Waals surface area contributed by atoms with Gasteiger partial charge in [-0.25, -0.2) is 0 Å². The smallest absolute Gasteiger partial charge is 0.223 e. The largest absolute Gasteiger partial charge is 0.484 e. The Kier molecular flexibility index (Phi) is 20.1. The molecule has 2 atom stereocenters. The van der Waals surface area contributed by atoms with Gasteiger partial charge in [0.2, 0.25) is 5.43 Å². The van der Waals surface area contributed by atoms with Crippen LogP contribution in [-0.4, -0.2) is 49.7 Å². The van der Waals surface area contributed by atoms with Crippen LogP contribution in [0.2, 0.25) is 0 Å². The Bertz CT molecular complexity index is 914. The molecule has 0 spiro atoms. The molecule has 0 aliphatic carbocycles. The van der Waals surface area contributed by atoms with Crippen LogP contribution in [0.1, 0.15) is 115 Å². The number of rotatable bonds is 26. The predicted octanol–water partition coefficient (Wildman–Crippen LogP) is 8.39. The van der Waals surface area contributed by atoms with E-state index in [4.69, 9.17) is 4.74 Å². The lowest BCUT2D eigenvalue weighted by Gasteiger charge is -2.28. The molecule has 0 saturated carbocycles. The molecule has 5 heteroatoms. The highest BCUT2D eigenvalue weighted by Gasteiger charge is 2.24. The van der Waals surface area contributed by atoms with Crippen LogP contribution in [0.5, 0.6) is 5.75 Å². The first-order valence-electron chi connectivity index (χ1n) is 16.8. The van der Waals surface area contributed by atoms with Gasteiger partial charge in [0.25, 0.3) is 0 Å². The standard InChI is InChI=1S/C36H61N3O2/c1-4-5-6-7-8-9-10-11-12-13-14-15-16-20-24-33(30-37-26-21-28-39(2)3)35(29-32-22-18-17-19-23-32)41-36-31-38-27-25-34(36)40/h17-19,22-23,25,27,31,33,35,37H,4-16,20-21,24,26,28-30H2,1-3H3,(H,38,40). The van der Waals surface area contributed by atoms with E-state index in [2.05, 4.69) is 66.6 Å². The fourth-order valence-electron chi connectivity index (χ4n) is 5.64. The van der Waals surface area contributed by atoms with E-state index in [-0.39, 0.29) is 11.5 Å². The molecule has 0 saturated heterocycles. The first-order valence-corrected chi connectivity index (χ1v) is 16.8. The van der Waals surface area contributed by atoms with Gasteiger partial charge in [-0.1, -0.05) is 127 Å². The zero-order valence-corrected chi connectivity index (χ0v) is 26.7. The van der Waals surface area contributed by atoms with Gasteiger partial charge >= 0.3 is 0 Å². The van der Waals surface area contributed by atoms with Crippen molar-refractivity contribution in [2.75, 3.05) is 33.7 Å². The number of ether oxygens (including phenoxy) is 1. The van der Waals surface area contributed by atoms with Gasteiger partial charge in [-0.3, -0.25) is 4.79 Å². The van der Waals surface area contributed by atoms with Crippen LogP contribution in [0.4, 0.5) is 0 Å². The molecular weight excluding hydrogens is 506 g/mol. The van der Waals surface area contributed by atoms with Crippen molar-refractivity contribution in [1.82, 2.24) is 15.2 Å². The third kappa shape index (κ3) is 17.4. The van der Waals surface area contributed by atoms with E-state index >= 15 is 0 Å². The molecule has 0 radical (unpaired) electrons. The van der Waals surface area contributed by atoms with E-state index in [0.717, 1.165) is 38.9 Å². The summed E-state index contributed by atoms with van der Waals surface area (Å²) in [5.41, 5.74) is 1.19. The third-order valence-electron chi connectivity index (χ3n) is 8.17. The number of H-pyrrole nitrogens is 1. The lowest BCUT2D eigenvalue weighted by Crippen LogP contribution is -2.38. The summed E-state index contributed by atoms with van der Waals surface area (Å²) in [6.45, 7) is 5.28. The molecule has 0 bridgehead atoms. The SMILES string of the molecule is CCCCCCCCCCCCCCCCC(CNCCCN(C)C)C(Cc1ccccc1)Oc1c[nH]ccc1=O. The summed E-state index contributed by atoms with van der Waals surface area (Å²) in [5, 5.41) is 3.71. The van der Waals surface area contributed by atoms with Crippen molar-refractivity contribution in [2.24, 2.45) is 5.92 Å². The van der Waals surface area contributed by atoms with Gasteiger partial charge in [0.1, 0.15) is 6.10 Å². The summed E-state index contributed by atoms with van der Waals surface area (Å²) in [6, 6.07) is 12.1. The Hall–Kier alpha value is -2.11. The molecule has 0 aliphatic heterocycles. The third-order valence-corrected chi connectivity index (χ3v) is 8.17. The molecule has 0 fully saturated rings. The van der Waals surface area contributed by atoms with Crippen LogP contribution in [0.15, 0.2) is 53.6 Å². The number of hydrogen-bond acceptors (Lipinski definition) is 4. The predicted molar refractivity (Wildman–Crippen MR) is 176 cm³/mol. The van der Waals surface area contributed by atoms with Gasteiger partial charge in [-0.2, -0.15) is 0 Å². The van der Waals surface area contributed by atoms with Gasteiger partial charge in [-0.15, -0.1) is 0 Å². The molecule has 41 heavy (non-hydrogen) atoms. The lowest BCUT2D eigenvalue weighted by molar-refractivity contribution is 0.122. The Balaban J connectivity index is 1.82. The summed E-state index contributed by atoms with van der Waals surface area (Å²) in [5.74, 6) is 0.762. The second kappa shape index (κ2) is 23.5. The number of nitrogens with zero attached hydrogens (tertiary/aromatic N) is 1. The summed E-state index contributed by atoms with van der Waals surface area (Å²) >= 11 is 0. The van der Waals surface area contributed by atoms with Crippen molar-refractivity contribution in [3.8, 4) is 5.75 Å². The number of unbranched alkanes of at least 4 members (excludes halogenated alkanes) is 13. The average Bonchev–Trinajstić information content (AvgIpc) is 2.97. The van der Waals surface area contributed by atoms with E-state index in [1.54, 1.807) is 18.5 Å². The van der Waals surface area contributed by atoms with Crippen molar-refractivity contribution in [3.63, 3.8) is 0 Å². The molecule has 1 aromatic carbocycles. The monoisotopic (exact) mass is 567 g/mol. The first kappa shape index (κ1) is 35.1. The van der Waals surface area contributed by atoms with Crippen LogP contribution >= 0.6 is 0 Å². The molecular formula is C36H61N3O2. The Labute approximate surface area is 251 Å². The van der Waals surface area contributed by atoms with Crippen molar-refractivity contribution in [2.45, 2.75) is 122 Å². The van der Waals surface area contributed by atoms with E-state index in [1.165, 1.54) is 95.5 Å². The van der Waals surface area contributed by atoms with Gasteiger partial charge in [-0.05, 0) is 45.6 Å². The quantitative estimate of drug-likeness (QED) is 0.112. The molecule has 1 aromatic heterocycles. The molecule has 0 aliphatic rings. The van der Waals surface area contributed by atoms with Crippen LogP contribution in [0.3, 0.4) is 0 Å². The maximum absolute atomic E-state index is 12.5. The number of nitrogens with one attached hydrogen (secondary N) is 2. The van der Waals surface area contributed by atoms with E-state index in [0.29, 0.717) is 11.7 Å². The van der Waals surface area contributed by atoms with Crippen LogP contribution in [-0.2, 0) is 6.42 Å². The number of benzene rings is 1. The van der Waals surface area contributed by atoms with E-state index < -0.39 is 0 Å². The van der Waals surface area contributed by atoms with Gasteiger partial charge in [0, 0.05) is 37.3 Å². The first-order chi connectivity index (χ1) is 20.1. The fraction of sp³-hybridized carbons (Fsp3) is 0.694.